The maximum atomic E-state index is 11.9. The van der Waals surface area contributed by atoms with E-state index in [2.05, 4.69) is 0 Å². The number of likely N-dealkylation sites (N-methyl/N-ethyl adjacent to an activating group) is 1. The van der Waals surface area contributed by atoms with Crippen LogP contribution in [0.2, 0.25) is 0 Å². The molecular weight excluding hydrogens is 244 g/mol. The highest BCUT2D eigenvalue weighted by Crippen LogP contribution is 2.20. The Hall–Kier alpha value is -1.75. The van der Waals surface area contributed by atoms with Crippen molar-refractivity contribution in [3.63, 3.8) is 0 Å². The van der Waals surface area contributed by atoms with E-state index in [-0.39, 0.29) is 25.5 Å². The molecule has 0 unspecified atom stereocenters. The van der Waals surface area contributed by atoms with Gasteiger partial charge in [-0.25, -0.2) is 0 Å². The SMILES string of the molecule is CN(C(=O)CCOc1ccccc1N)C(C)(C)CO. The number of carbonyl (C=O) groups excluding carboxylic acids is 1. The summed E-state index contributed by atoms with van der Waals surface area (Å²) in [6.45, 7) is 3.79. The van der Waals surface area contributed by atoms with Gasteiger partial charge in [0.15, 0.2) is 0 Å². The van der Waals surface area contributed by atoms with Gasteiger partial charge >= 0.3 is 0 Å². The number of rotatable bonds is 6. The first-order valence-corrected chi connectivity index (χ1v) is 6.23. The number of anilines is 1. The second-order valence-corrected chi connectivity index (χ2v) is 5.06. The Morgan fingerprint density at radius 2 is 2.05 bits per heavy atom. The molecule has 0 atom stereocenters. The first-order valence-electron chi connectivity index (χ1n) is 6.23. The van der Waals surface area contributed by atoms with E-state index in [0.29, 0.717) is 11.4 Å². The Morgan fingerprint density at radius 1 is 1.42 bits per heavy atom. The van der Waals surface area contributed by atoms with Crippen LogP contribution >= 0.6 is 0 Å². The molecule has 106 valence electrons. The number of aliphatic hydroxyl groups excluding tert-OH is 1. The zero-order valence-corrected chi connectivity index (χ0v) is 11.7. The van der Waals surface area contributed by atoms with Crippen molar-refractivity contribution >= 4 is 11.6 Å². The normalized spacial score (nSPS) is 11.2. The van der Waals surface area contributed by atoms with Crippen LogP contribution in [0.15, 0.2) is 24.3 Å². The summed E-state index contributed by atoms with van der Waals surface area (Å²) in [5.74, 6) is 0.507. The van der Waals surface area contributed by atoms with Crippen LogP contribution in [0.25, 0.3) is 0 Å². The fraction of sp³-hybridized carbons (Fsp3) is 0.500. The van der Waals surface area contributed by atoms with Crippen molar-refractivity contribution in [3.8, 4) is 5.75 Å². The van der Waals surface area contributed by atoms with Crippen molar-refractivity contribution in [1.29, 1.82) is 0 Å². The zero-order valence-electron chi connectivity index (χ0n) is 11.7. The number of para-hydroxylation sites is 2. The first-order chi connectivity index (χ1) is 8.88. The quantitative estimate of drug-likeness (QED) is 0.760. The number of nitrogen functional groups attached to an aromatic ring is 1. The summed E-state index contributed by atoms with van der Waals surface area (Å²) in [5.41, 5.74) is 5.72. The summed E-state index contributed by atoms with van der Waals surface area (Å²) in [4.78, 5) is 13.5. The molecule has 0 bridgehead atoms. The first kappa shape index (κ1) is 15.3. The molecule has 1 aromatic rings. The number of carbonyl (C=O) groups is 1. The minimum Gasteiger partial charge on any atom is -0.491 e. The molecular formula is C14H22N2O3. The van der Waals surface area contributed by atoms with Gasteiger partial charge in [-0.3, -0.25) is 4.79 Å². The topological polar surface area (TPSA) is 75.8 Å². The van der Waals surface area contributed by atoms with E-state index < -0.39 is 5.54 Å². The molecule has 0 fully saturated rings. The third-order valence-electron chi connectivity index (χ3n) is 3.16. The molecule has 1 rings (SSSR count). The Bertz CT molecular complexity index is 432. The Morgan fingerprint density at radius 3 is 2.63 bits per heavy atom. The van der Waals surface area contributed by atoms with Crippen molar-refractivity contribution < 1.29 is 14.6 Å². The van der Waals surface area contributed by atoms with Gasteiger partial charge in [0.1, 0.15) is 5.75 Å². The predicted molar refractivity (Wildman–Crippen MR) is 74.9 cm³/mol. The highest BCUT2D eigenvalue weighted by atomic mass is 16.5. The average molecular weight is 266 g/mol. The van der Waals surface area contributed by atoms with Gasteiger partial charge in [-0.15, -0.1) is 0 Å². The second kappa shape index (κ2) is 6.43. The summed E-state index contributed by atoms with van der Waals surface area (Å²) in [6, 6.07) is 7.17. The van der Waals surface area contributed by atoms with Gasteiger partial charge in [-0.05, 0) is 26.0 Å². The molecule has 1 amide bonds. The van der Waals surface area contributed by atoms with E-state index in [1.54, 1.807) is 33.0 Å². The lowest BCUT2D eigenvalue weighted by Crippen LogP contribution is -2.47. The summed E-state index contributed by atoms with van der Waals surface area (Å²) in [7, 11) is 1.68. The molecule has 0 heterocycles. The lowest BCUT2D eigenvalue weighted by Gasteiger charge is -2.34. The van der Waals surface area contributed by atoms with Crippen molar-refractivity contribution in [1.82, 2.24) is 4.90 Å². The standard InChI is InChI=1S/C14H22N2O3/c1-14(2,10-17)16(3)13(18)8-9-19-12-7-5-4-6-11(12)15/h4-7,17H,8-10,15H2,1-3H3. The van der Waals surface area contributed by atoms with Crippen LogP contribution in [-0.4, -0.2) is 41.7 Å². The van der Waals surface area contributed by atoms with Crippen molar-refractivity contribution in [2.75, 3.05) is 26.0 Å². The van der Waals surface area contributed by atoms with Crippen LogP contribution in [0, 0.1) is 0 Å². The molecule has 0 radical (unpaired) electrons. The summed E-state index contributed by atoms with van der Waals surface area (Å²) >= 11 is 0. The number of nitrogens with two attached hydrogens (primary N) is 1. The van der Waals surface area contributed by atoms with Crippen LogP contribution in [-0.2, 0) is 4.79 Å². The number of hydrogen-bond donors (Lipinski definition) is 2. The predicted octanol–water partition coefficient (Wildman–Crippen LogP) is 1.27. The fourth-order valence-corrected chi connectivity index (χ4v) is 1.47. The second-order valence-electron chi connectivity index (χ2n) is 5.06. The molecule has 0 aromatic heterocycles. The summed E-state index contributed by atoms with van der Waals surface area (Å²) < 4.78 is 5.47. The van der Waals surface area contributed by atoms with Crippen LogP contribution < -0.4 is 10.5 Å². The monoisotopic (exact) mass is 266 g/mol. The van der Waals surface area contributed by atoms with E-state index in [1.165, 1.54) is 4.90 Å². The van der Waals surface area contributed by atoms with Gasteiger partial charge in [0.2, 0.25) is 5.91 Å². The third-order valence-corrected chi connectivity index (χ3v) is 3.16. The molecule has 1 aromatic carbocycles. The lowest BCUT2D eigenvalue weighted by molar-refractivity contribution is -0.136. The Labute approximate surface area is 114 Å². The van der Waals surface area contributed by atoms with Crippen molar-refractivity contribution in [3.05, 3.63) is 24.3 Å². The van der Waals surface area contributed by atoms with Gasteiger partial charge in [0.25, 0.3) is 0 Å². The van der Waals surface area contributed by atoms with Gasteiger partial charge in [-0.1, -0.05) is 12.1 Å². The Balaban J connectivity index is 2.46. The lowest BCUT2D eigenvalue weighted by atomic mass is 10.0. The highest BCUT2D eigenvalue weighted by Gasteiger charge is 2.26. The maximum absolute atomic E-state index is 11.9. The average Bonchev–Trinajstić information content (AvgIpc) is 2.39. The largest absolute Gasteiger partial charge is 0.491 e. The third kappa shape index (κ3) is 4.13. The molecule has 0 aliphatic carbocycles. The number of amides is 1. The number of benzene rings is 1. The molecule has 3 N–H and O–H groups in total. The number of hydrogen-bond acceptors (Lipinski definition) is 4. The Kier molecular flexibility index (Phi) is 5.18. The molecule has 0 aliphatic heterocycles. The molecule has 5 heteroatoms. The summed E-state index contributed by atoms with van der Waals surface area (Å²) in [6.07, 6.45) is 0.244. The molecule has 0 spiro atoms. The van der Waals surface area contributed by atoms with Crippen LogP contribution in [0.5, 0.6) is 5.75 Å². The summed E-state index contributed by atoms with van der Waals surface area (Å²) in [5, 5.41) is 9.21. The van der Waals surface area contributed by atoms with Crippen LogP contribution in [0.3, 0.4) is 0 Å². The zero-order chi connectivity index (χ0) is 14.5. The van der Waals surface area contributed by atoms with Crippen molar-refractivity contribution in [2.24, 2.45) is 0 Å². The minimum absolute atomic E-state index is 0.0754. The van der Waals surface area contributed by atoms with Gasteiger partial charge < -0.3 is 20.5 Å². The number of ether oxygens (including phenoxy) is 1. The number of aliphatic hydroxyl groups is 1. The maximum Gasteiger partial charge on any atom is 0.226 e. The van der Waals surface area contributed by atoms with Crippen LogP contribution in [0.4, 0.5) is 5.69 Å². The van der Waals surface area contributed by atoms with Gasteiger partial charge in [0, 0.05) is 7.05 Å². The van der Waals surface area contributed by atoms with Gasteiger partial charge in [-0.2, -0.15) is 0 Å². The van der Waals surface area contributed by atoms with Crippen molar-refractivity contribution in [2.45, 2.75) is 25.8 Å². The molecule has 0 saturated carbocycles. The molecule has 5 nitrogen and oxygen atoms in total. The fourth-order valence-electron chi connectivity index (χ4n) is 1.47. The smallest absolute Gasteiger partial charge is 0.226 e. The number of nitrogens with zero attached hydrogens (tertiary/aromatic N) is 1. The van der Waals surface area contributed by atoms with E-state index in [4.69, 9.17) is 10.5 Å². The highest BCUT2D eigenvalue weighted by molar-refractivity contribution is 5.76. The van der Waals surface area contributed by atoms with Crippen LogP contribution in [0.1, 0.15) is 20.3 Å². The van der Waals surface area contributed by atoms with Gasteiger partial charge in [0.05, 0.1) is 30.9 Å². The molecule has 19 heavy (non-hydrogen) atoms. The van der Waals surface area contributed by atoms with E-state index in [0.717, 1.165) is 0 Å². The molecule has 0 saturated heterocycles. The minimum atomic E-state index is -0.567. The van der Waals surface area contributed by atoms with E-state index in [9.17, 15) is 9.90 Å². The van der Waals surface area contributed by atoms with E-state index in [1.807, 2.05) is 12.1 Å². The van der Waals surface area contributed by atoms with E-state index >= 15 is 0 Å². The molecule has 0 aliphatic rings.